The zero-order chi connectivity index (χ0) is 15.2. The van der Waals surface area contributed by atoms with Gasteiger partial charge in [0.25, 0.3) is 0 Å². The average molecular weight is 295 g/mol. The first kappa shape index (κ1) is 15.4. The fourth-order valence-corrected chi connectivity index (χ4v) is 2.46. The highest BCUT2D eigenvalue weighted by molar-refractivity contribution is 5.91. The number of nitrogens with zero attached hydrogens (tertiary/aromatic N) is 1. The molecule has 2 N–H and O–H groups in total. The van der Waals surface area contributed by atoms with Crippen LogP contribution < -0.4 is 10.6 Å². The zero-order valence-electron chi connectivity index (χ0n) is 11.6. The highest BCUT2D eigenvalue weighted by atomic mass is 19.1. The van der Waals surface area contributed by atoms with E-state index >= 15 is 0 Å². The van der Waals surface area contributed by atoms with Crippen LogP contribution in [0.25, 0.3) is 0 Å². The van der Waals surface area contributed by atoms with E-state index in [0.717, 1.165) is 44.5 Å². The van der Waals surface area contributed by atoms with Crippen molar-refractivity contribution in [1.29, 1.82) is 0 Å². The molecule has 114 valence electrons. The molecular formula is C14H18FN3O3. The van der Waals surface area contributed by atoms with Gasteiger partial charge in [0.2, 0.25) is 11.7 Å². The monoisotopic (exact) mass is 295 g/mol. The second-order valence-corrected chi connectivity index (χ2v) is 5.22. The molecule has 1 aliphatic rings. The summed E-state index contributed by atoms with van der Waals surface area (Å²) in [6.07, 6.45) is 3.37. The Labute approximate surface area is 121 Å². The first-order valence-electron chi connectivity index (χ1n) is 7.01. The van der Waals surface area contributed by atoms with Crippen molar-refractivity contribution >= 4 is 17.3 Å². The molecule has 6 nitrogen and oxygen atoms in total. The van der Waals surface area contributed by atoms with Gasteiger partial charge in [0.05, 0.1) is 4.92 Å². The Morgan fingerprint density at radius 2 is 2.33 bits per heavy atom. The molecule has 1 aliphatic heterocycles. The molecule has 21 heavy (non-hydrogen) atoms. The van der Waals surface area contributed by atoms with Crippen LogP contribution in [0.2, 0.25) is 0 Å². The first-order chi connectivity index (χ1) is 10.1. The number of benzene rings is 1. The summed E-state index contributed by atoms with van der Waals surface area (Å²) in [5.74, 6) is -0.625. The average Bonchev–Trinajstić information content (AvgIpc) is 2.48. The second-order valence-electron chi connectivity index (χ2n) is 5.22. The molecule has 0 aliphatic carbocycles. The van der Waals surface area contributed by atoms with Crippen LogP contribution in [0.4, 0.5) is 15.8 Å². The van der Waals surface area contributed by atoms with E-state index in [2.05, 4.69) is 10.6 Å². The summed E-state index contributed by atoms with van der Waals surface area (Å²) in [7, 11) is 0. The molecule has 1 fully saturated rings. The quantitative estimate of drug-likeness (QED) is 0.645. The van der Waals surface area contributed by atoms with E-state index in [9.17, 15) is 19.3 Å². The molecule has 0 bridgehead atoms. The predicted molar refractivity (Wildman–Crippen MR) is 76.5 cm³/mol. The largest absolute Gasteiger partial charge is 0.326 e. The van der Waals surface area contributed by atoms with E-state index in [1.807, 2.05) is 0 Å². The Kier molecular flexibility index (Phi) is 5.21. The molecule has 1 amide bonds. The van der Waals surface area contributed by atoms with Gasteiger partial charge in [0.15, 0.2) is 0 Å². The number of anilines is 1. The third-order valence-electron chi connectivity index (χ3n) is 3.61. The van der Waals surface area contributed by atoms with Crippen LogP contribution in [0.5, 0.6) is 0 Å². The minimum absolute atomic E-state index is 0.207. The lowest BCUT2D eigenvalue weighted by atomic mass is 9.94. The highest BCUT2D eigenvalue weighted by Crippen LogP contribution is 2.22. The van der Waals surface area contributed by atoms with Gasteiger partial charge >= 0.3 is 5.69 Å². The molecule has 0 radical (unpaired) electrons. The highest BCUT2D eigenvalue weighted by Gasteiger charge is 2.17. The fourth-order valence-electron chi connectivity index (χ4n) is 2.46. The minimum atomic E-state index is -0.911. The molecule has 1 aromatic carbocycles. The molecule has 1 aromatic rings. The van der Waals surface area contributed by atoms with Crippen LogP contribution >= 0.6 is 0 Å². The number of carbonyl (C=O) groups is 1. The van der Waals surface area contributed by atoms with Crippen molar-refractivity contribution in [3.05, 3.63) is 34.1 Å². The molecule has 2 rings (SSSR count). The molecular weight excluding hydrogens is 277 g/mol. The smallest absolute Gasteiger partial charge is 0.306 e. The van der Waals surface area contributed by atoms with Crippen molar-refractivity contribution in [3.63, 3.8) is 0 Å². The lowest BCUT2D eigenvalue weighted by Crippen LogP contribution is -2.30. The van der Waals surface area contributed by atoms with Crippen molar-refractivity contribution in [2.45, 2.75) is 25.7 Å². The van der Waals surface area contributed by atoms with Crippen LogP contribution in [0, 0.1) is 21.8 Å². The molecule has 1 heterocycles. The maximum absolute atomic E-state index is 13.2. The van der Waals surface area contributed by atoms with E-state index in [1.165, 1.54) is 6.07 Å². The lowest BCUT2D eigenvalue weighted by Gasteiger charge is -2.22. The summed E-state index contributed by atoms with van der Waals surface area (Å²) >= 11 is 0. The maximum Gasteiger partial charge on any atom is 0.306 e. The second kappa shape index (κ2) is 7.12. The maximum atomic E-state index is 13.2. The summed E-state index contributed by atoms with van der Waals surface area (Å²) < 4.78 is 13.2. The summed E-state index contributed by atoms with van der Waals surface area (Å²) in [6, 6.07) is 3.34. The van der Waals surface area contributed by atoms with Gasteiger partial charge in [-0.05, 0) is 50.4 Å². The number of nitrogens with one attached hydrogen (secondary N) is 2. The number of hydrogen-bond donors (Lipinski definition) is 2. The topological polar surface area (TPSA) is 84.3 Å². The Balaban J connectivity index is 1.87. The number of halogens is 1. The Bertz CT molecular complexity index is 530. The van der Waals surface area contributed by atoms with Gasteiger partial charge in [-0.25, -0.2) is 0 Å². The molecule has 7 heteroatoms. The first-order valence-corrected chi connectivity index (χ1v) is 7.01. The van der Waals surface area contributed by atoms with Gasteiger partial charge in [-0.2, -0.15) is 4.39 Å². The van der Waals surface area contributed by atoms with Gasteiger partial charge in [-0.1, -0.05) is 0 Å². The van der Waals surface area contributed by atoms with Gasteiger partial charge < -0.3 is 10.6 Å². The van der Waals surface area contributed by atoms with Gasteiger partial charge in [0.1, 0.15) is 0 Å². The third kappa shape index (κ3) is 4.49. The predicted octanol–water partition coefficient (Wildman–Crippen LogP) is 2.45. The molecule has 1 atom stereocenters. The lowest BCUT2D eigenvalue weighted by molar-refractivity contribution is -0.387. The standard InChI is InChI=1S/C14H18FN3O3/c15-12-5-4-11(8-13(12)18(20)21)17-14(19)6-3-10-2-1-7-16-9-10/h4-5,8,10,16H,1-3,6-7,9H2,(H,17,19). The minimum Gasteiger partial charge on any atom is -0.326 e. The fraction of sp³-hybridized carbons (Fsp3) is 0.500. The van der Waals surface area contributed by atoms with Crippen molar-refractivity contribution in [3.8, 4) is 0 Å². The Hall–Kier alpha value is -2.02. The summed E-state index contributed by atoms with van der Waals surface area (Å²) in [5.41, 5.74) is -0.390. The molecule has 0 saturated carbocycles. The number of carbonyl (C=O) groups excluding carboxylic acids is 1. The summed E-state index contributed by atoms with van der Waals surface area (Å²) in [4.78, 5) is 21.7. The Morgan fingerprint density at radius 1 is 1.52 bits per heavy atom. The molecule has 0 spiro atoms. The SMILES string of the molecule is O=C(CCC1CCCNC1)Nc1ccc(F)c([N+](=O)[O-])c1. The van der Waals surface area contributed by atoms with Crippen molar-refractivity contribution < 1.29 is 14.1 Å². The number of rotatable bonds is 5. The van der Waals surface area contributed by atoms with Crippen molar-refractivity contribution in [2.75, 3.05) is 18.4 Å². The van der Waals surface area contributed by atoms with Crippen LogP contribution in [0.15, 0.2) is 18.2 Å². The zero-order valence-corrected chi connectivity index (χ0v) is 11.6. The summed E-state index contributed by atoms with van der Waals surface area (Å²) in [5, 5.41) is 16.5. The van der Waals surface area contributed by atoms with Gasteiger partial charge in [-0.3, -0.25) is 14.9 Å². The van der Waals surface area contributed by atoms with Crippen LogP contribution in [-0.4, -0.2) is 23.9 Å². The molecule has 1 unspecified atom stereocenters. The third-order valence-corrected chi connectivity index (χ3v) is 3.61. The van der Waals surface area contributed by atoms with Crippen LogP contribution in [-0.2, 0) is 4.79 Å². The van der Waals surface area contributed by atoms with Gasteiger partial charge in [-0.15, -0.1) is 0 Å². The van der Waals surface area contributed by atoms with Gasteiger partial charge in [0, 0.05) is 18.2 Å². The van der Waals surface area contributed by atoms with Crippen molar-refractivity contribution in [1.82, 2.24) is 5.32 Å². The number of hydrogen-bond acceptors (Lipinski definition) is 4. The summed E-state index contributed by atoms with van der Waals surface area (Å²) in [6.45, 7) is 1.96. The normalized spacial score (nSPS) is 18.2. The molecule has 1 saturated heterocycles. The van der Waals surface area contributed by atoms with E-state index in [1.54, 1.807) is 0 Å². The number of piperidine rings is 1. The number of amides is 1. The van der Waals surface area contributed by atoms with Crippen molar-refractivity contribution in [2.24, 2.45) is 5.92 Å². The van der Waals surface area contributed by atoms with E-state index in [0.29, 0.717) is 12.3 Å². The van der Waals surface area contributed by atoms with E-state index in [4.69, 9.17) is 0 Å². The van der Waals surface area contributed by atoms with E-state index < -0.39 is 16.4 Å². The van der Waals surface area contributed by atoms with Crippen LogP contribution in [0.1, 0.15) is 25.7 Å². The van der Waals surface area contributed by atoms with E-state index in [-0.39, 0.29) is 11.6 Å². The molecule has 0 aromatic heterocycles. The number of nitro groups is 1. The Morgan fingerprint density at radius 3 is 3.00 bits per heavy atom. The van der Waals surface area contributed by atoms with Crippen LogP contribution in [0.3, 0.4) is 0 Å². The number of nitro benzene ring substituents is 1.